The molecule has 0 heterocycles. The van der Waals surface area contributed by atoms with E-state index in [0.29, 0.717) is 6.61 Å². The number of nitrogen functional groups attached to an aromatic ring is 1. The fourth-order valence-electron chi connectivity index (χ4n) is 1.88. The molecule has 19 heavy (non-hydrogen) atoms. The van der Waals surface area contributed by atoms with Gasteiger partial charge in [-0.1, -0.05) is 24.3 Å². The number of hydrogen-bond donors (Lipinski definition) is 1. The maximum Gasteiger partial charge on any atom is 0.127 e. The van der Waals surface area contributed by atoms with E-state index in [1.165, 1.54) is 4.90 Å². The Kier molecular flexibility index (Phi) is 4.74. The lowest BCUT2D eigenvalue weighted by atomic mass is 10.1. The highest BCUT2D eigenvalue weighted by molar-refractivity contribution is 7.99. The molecule has 2 aromatic rings. The van der Waals surface area contributed by atoms with E-state index >= 15 is 0 Å². The summed E-state index contributed by atoms with van der Waals surface area (Å²) in [5.41, 5.74) is 8.86. The van der Waals surface area contributed by atoms with E-state index in [-0.39, 0.29) is 0 Å². The van der Waals surface area contributed by atoms with Crippen LogP contribution >= 0.6 is 11.8 Å². The molecule has 0 spiro atoms. The highest BCUT2D eigenvalue weighted by atomic mass is 32.2. The summed E-state index contributed by atoms with van der Waals surface area (Å²) in [5, 5.41) is 0. The number of anilines is 1. The Morgan fingerprint density at radius 1 is 1.05 bits per heavy atom. The standard InChI is InChI=1S/C16H19NOS/c1-12-8-9-15(17)13(2)16(12)18-10-11-19-14-6-4-3-5-7-14/h3-9H,10-11,17H2,1-2H3. The summed E-state index contributed by atoms with van der Waals surface area (Å²) in [6.07, 6.45) is 0. The van der Waals surface area contributed by atoms with Crippen LogP contribution in [0.3, 0.4) is 0 Å². The van der Waals surface area contributed by atoms with E-state index in [9.17, 15) is 0 Å². The third-order valence-corrected chi connectivity index (χ3v) is 3.96. The Bertz CT molecular complexity index is 540. The highest BCUT2D eigenvalue weighted by Gasteiger charge is 2.06. The van der Waals surface area contributed by atoms with Crippen molar-refractivity contribution >= 4 is 17.4 Å². The van der Waals surface area contributed by atoms with Crippen molar-refractivity contribution in [1.29, 1.82) is 0 Å². The quantitative estimate of drug-likeness (QED) is 0.507. The number of rotatable bonds is 5. The molecule has 0 fully saturated rings. The fraction of sp³-hybridized carbons (Fsp3) is 0.250. The van der Waals surface area contributed by atoms with Gasteiger partial charge in [0.25, 0.3) is 0 Å². The van der Waals surface area contributed by atoms with Gasteiger partial charge < -0.3 is 10.5 Å². The van der Waals surface area contributed by atoms with Crippen molar-refractivity contribution in [2.45, 2.75) is 18.7 Å². The van der Waals surface area contributed by atoms with Crippen LogP contribution in [0.4, 0.5) is 5.69 Å². The minimum Gasteiger partial charge on any atom is -0.492 e. The summed E-state index contributed by atoms with van der Waals surface area (Å²) < 4.78 is 5.87. The average Bonchev–Trinajstić information content (AvgIpc) is 2.43. The maximum atomic E-state index is 5.90. The van der Waals surface area contributed by atoms with Crippen LogP contribution in [-0.4, -0.2) is 12.4 Å². The Labute approximate surface area is 119 Å². The van der Waals surface area contributed by atoms with Crippen molar-refractivity contribution in [1.82, 2.24) is 0 Å². The molecular weight excluding hydrogens is 254 g/mol. The van der Waals surface area contributed by atoms with Gasteiger partial charge in [-0.05, 0) is 37.6 Å². The SMILES string of the molecule is Cc1ccc(N)c(C)c1OCCSc1ccccc1. The molecule has 3 heteroatoms. The van der Waals surface area contributed by atoms with Crippen molar-refractivity contribution in [3.05, 3.63) is 53.6 Å². The predicted molar refractivity (Wildman–Crippen MR) is 83.0 cm³/mol. The summed E-state index contributed by atoms with van der Waals surface area (Å²) in [7, 11) is 0. The Hall–Kier alpha value is -1.61. The summed E-state index contributed by atoms with van der Waals surface area (Å²) in [4.78, 5) is 1.27. The van der Waals surface area contributed by atoms with Crippen LogP contribution in [0.15, 0.2) is 47.4 Å². The molecule has 0 atom stereocenters. The van der Waals surface area contributed by atoms with Crippen molar-refractivity contribution in [2.24, 2.45) is 0 Å². The lowest BCUT2D eigenvalue weighted by Gasteiger charge is -2.13. The van der Waals surface area contributed by atoms with Crippen molar-refractivity contribution in [3.63, 3.8) is 0 Å². The van der Waals surface area contributed by atoms with Gasteiger partial charge in [-0.2, -0.15) is 0 Å². The number of hydrogen-bond acceptors (Lipinski definition) is 3. The fourth-order valence-corrected chi connectivity index (χ4v) is 2.64. The Morgan fingerprint density at radius 3 is 2.53 bits per heavy atom. The van der Waals surface area contributed by atoms with Crippen LogP contribution in [0.25, 0.3) is 0 Å². The van der Waals surface area contributed by atoms with E-state index in [1.807, 2.05) is 32.0 Å². The second-order valence-electron chi connectivity index (χ2n) is 4.44. The lowest BCUT2D eigenvalue weighted by Crippen LogP contribution is -2.04. The first-order valence-corrected chi connectivity index (χ1v) is 7.33. The first-order chi connectivity index (χ1) is 9.18. The monoisotopic (exact) mass is 273 g/mol. The predicted octanol–water partition coefficient (Wildman–Crippen LogP) is 4.06. The van der Waals surface area contributed by atoms with Gasteiger partial charge in [-0.15, -0.1) is 11.8 Å². The normalized spacial score (nSPS) is 10.4. The summed E-state index contributed by atoms with van der Waals surface area (Å²) in [6, 6.07) is 14.3. The number of ether oxygens (including phenoxy) is 1. The molecular formula is C16H19NOS. The summed E-state index contributed by atoms with van der Waals surface area (Å²) in [6.45, 7) is 4.73. The third kappa shape index (κ3) is 3.67. The number of aryl methyl sites for hydroxylation is 1. The third-order valence-electron chi connectivity index (χ3n) is 2.99. The first-order valence-electron chi connectivity index (χ1n) is 6.35. The van der Waals surface area contributed by atoms with Crippen LogP contribution in [-0.2, 0) is 0 Å². The largest absolute Gasteiger partial charge is 0.492 e. The van der Waals surface area contributed by atoms with Gasteiger partial charge in [-0.3, -0.25) is 0 Å². The molecule has 2 aromatic carbocycles. The van der Waals surface area contributed by atoms with Gasteiger partial charge in [0, 0.05) is 21.9 Å². The van der Waals surface area contributed by atoms with E-state index < -0.39 is 0 Å². The highest BCUT2D eigenvalue weighted by Crippen LogP contribution is 2.28. The van der Waals surface area contributed by atoms with Gasteiger partial charge in [0.2, 0.25) is 0 Å². The maximum absolute atomic E-state index is 5.90. The number of benzene rings is 2. The molecule has 2 nitrogen and oxygen atoms in total. The first kappa shape index (κ1) is 13.8. The second-order valence-corrected chi connectivity index (χ2v) is 5.60. The molecule has 0 saturated carbocycles. The molecule has 0 aromatic heterocycles. The molecule has 0 aliphatic heterocycles. The molecule has 0 aliphatic rings. The van der Waals surface area contributed by atoms with Crippen molar-refractivity contribution < 1.29 is 4.74 Å². The van der Waals surface area contributed by atoms with Crippen LogP contribution < -0.4 is 10.5 Å². The smallest absolute Gasteiger partial charge is 0.127 e. The van der Waals surface area contributed by atoms with E-state index in [0.717, 1.165) is 28.3 Å². The zero-order valence-corrected chi connectivity index (χ0v) is 12.2. The van der Waals surface area contributed by atoms with E-state index in [2.05, 4.69) is 24.3 Å². The summed E-state index contributed by atoms with van der Waals surface area (Å²) >= 11 is 1.80. The van der Waals surface area contributed by atoms with E-state index in [1.54, 1.807) is 11.8 Å². The molecule has 0 bridgehead atoms. The van der Waals surface area contributed by atoms with Crippen LogP contribution in [0.5, 0.6) is 5.75 Å². The van der Waals surface area contributed by atoms with E-state index in [4.69, 9.17) is 10.5 Å². The van der Waals surface area contributed by atoms with Gasteiger partial charge in [0.15, 0.2) is 0 Å². The second kappa shape index (κ2) is 6.53. The topological polar surface area (TPSA) is 35.2 Å². The Balaban J connectivity index is 1.88. The molecule has 0 amide bonds. The van der Waals surface area contributed by atoms with Crippen molar-refractivity contribution in [2.75, 3.05) is 18.1 Å². The number of nitrogens with two attached hydrogens (primary N) is 1. The Morgan fingerprint density at radius 2 is 1.79 bits per heavy atom. The van der Waals surface area contributed by atoms with Crippen LogP contribution in [0.1, 0.15) is 11.1 Å². The zero-order chi connectivity index (χ0) is 13.7. The van der Waals surface area contributed by atoms with Crippen molar-refractivity contribution in [3.8, 4) is 5.75 Å². The van der Waals surface area contributed by atoms with Gasteiger partial charge in [0.05, 0.1) is 6.61 Å². The van der Waals surface area contributed by atoms with Gasteiger partial charge >= 0.3 is 0 Å². The molecule has 0 unspecified atom stereocenters. The minimum absolute atomic E-state index is 0.685. The van der Waals surface area contributed by atoms with Gasteiger partial charge in [-0.25, -0.2) is 0 Å². The van der Waals surface area contributed by atoms with Crippen LogP contribution in [0.2, 0.25) is 0 Å². The average molecular weight is 273 g/mol. The molecule has 0 aliphatic carbocycles. The van der Waals surface area contributed by atoms with Gasteiger partial charge in [0.1, 0.15) is 5.75 Å². The number of thioether (sulfide) groups is 1. The zero-order valence-electron chi connectivity index (χ0n) is 11.3. The van der Waals surface area contributed by atoms with Crippen LogP contribution in [0, 0.1) is 13.8 Å². The summed E-state index contributed by atoms with van der Waals surface area (Å²) in [5.74, 6) is 1.85. The molecule has 0 saturated heterocycles. The molecule has 2 rings (SSSR count). The lowest BCUT2D eigenvalue weighted by molar-refractivity contribution is 0.339. The molecule has 100 valence electrons. The molecule has 0 radical (unpaired) electrons. The minimum atomic E-state index is 0.685. The molecule has 2 N–H and O–H groups in total.